The van der Waals surface area contributed by atoms with Gasteiger partial charge in [0.15, 0.2) is 11.6 Å². The summed E-state index contributed by atoms with van der Waals surface area (Å²) in [5.41, 5.74) is 0.466. The van der Waals surface area contributed by atoms with E-state index in [9.17, 15) is 5.11 Å². The average molecular weight is 206 g/mol. The fourth-order valence-corrected chi connectivity index (χ4v) is 1.42. The Labute approximate surface area is 88.6 Å². The van der Waals surface area contributed by atoms with E-state index >= 15 is 0 Å². The Morgan fingerprint density at radius 2 is 2.40 bits per heavy atom. The normalized spacial score (nSPS) is 17.2. The van der Waals surface area contributed by atoms with Gasteiger partial charge in [0.1, 0.15) is 12.4 Å². The molecule has 4 heteroatoms. The molecule has 0 unspecified atom stereocenters. The summed E-state index contributed by atoms with van der Waals surface area (Å²) >= 11 is 0. The number of aliphatic hydroxyl groups excluding tert-OH is 1. The Hall–Kier alpha value is -1.71. The van der Waals surface area contributed by atoms with Gasteiger partial charge in [-0.25, -0.2) is 4.98 Å². The van der Waals surface area contributed by atoms with Crippen LogP contribution in [0.4, 0.5) is 5.82 Å². The fraction of sp³-hybridized carbons (Fsp3) is 0.364. The Morgan fingerprint density at radius 1 is 1.67 bits per heavy atom. The first-order valence-electron chi connectivity index (χ1n) is 4.77. The van der Waals surface area contributed by atoms with E-state index in [-0.39, 0.29) is 11.3 Å². The van der Waals surface area contributed by atoms with E-state index in [0.29, 0.717) is 23.7 Å². The summed E-state index contributed by atoms with van der Waals surface area (Å²) in [6.07, 6.45) is 1.57. The van der Waals surface area contributed by atoms with E-state index < -0.39 is 0 Å². The van der Waals surface area contributed by atoms with Crippen molar-refractivity contribution in [2.45, 2.75) is 19.4 Å². The van der Waals surface area contributed by atoms with Crippen molar-refractivity contribution in [1.29, 1.82) is 0 Å². The summed E-state index contributed by atoms with van der Waals surface area (Å²) in [7, 11) is 0. The van der Waals surface area contributed by atoms with Crippen molar-refractivity contribution in [3.05, 3.63) is 24.4 Å². The minimum atomic E-state index is -0.113. The number of nitrogens with one attached hydrogen (secondary N) is 1. The second kappa shape index (κ2) is 3.15. The van der Waals surface area contributed by atoms with E-state index in [2.05, 4.69) is 16.9 Å². The van der Waals surface area contributed by atoms with Crippen LogP contribution in [0.1, 0.15) is 19.4 Å². The maximum atomic E-state index is 9.22. The number of ether oxygens (including phenoxy) is 1. The topological polar surface area (TPSA) is 54.4 Å². The SMILES string of the molecule is C=C(O)c1cnc2c(c1)OCC(C)(C)N2. The number of hydrogen-bond donors (Lipinski definition) is 2. The van der Waals surface area contributed by atoms with Crippen molar-refractivity contribution in [3.8, 4) is 5.75 Å². The zero-order chi connectivity index (χ0) is 11.1. The zero-order valence-corrected chi connectivity index (χ0v) is 8.87. The Balaban J connectivity index is 2.36. The highest BCUT2D eigenvalue weighted by Crippen LogP contribution is 2.31. The van der Waals surface area contributed by atoms with Crippen molar-refractivity contribution in [1.82, 2.24) is 4.98 Å². The van der Waals surface area contributed by atoms with Crippen LogP contribution in [0, 0.1) is 0 Å². The highest BCUT2D eigenvalue weighted by molar-refractivity contribution is 5.63. The third-order valence-electron chi connectivity index (χ3n) is 2.23. The molecule has 0 saturated carbocycles. The summed E-state index contributed by atoms with van der Waals surface area (Å²) in [5.74, 6) is 1.36. The number of nitrogens with zero attached hydrogens (tertiary/aromatic N) is 1. The number of aromatic nitrogens is 1. The van der Waals surface area contributed by atoms with Gasteiger partial charge in [-0.1, -0.05) is 6.58 Å². The first-order valence-corrected chi connectivity index (χ1v) is 4.77. The molecule has 2 heterocycles. The van der Waals surface area contributed by atoms with Crippen molar-refractivity contribution in [3.63, 3.8) is 0 Å². The van der Waals surface area contributed by atoms with E-state index in [0.717, 1.165) is 0 Å². The van der Waals surface area contributed by atoms with Gasteiger partial charge in [0.2, 0.25) is 0 Å². The standard InChI is InChI=1S/C11H14N2O2/c1-7(14)8-4-9-10(12-5-8)13-11(2,3)6-15-9/h4-5,14H,1,6H2,2-3H3,(H,12,13). The second-order valence-electron chi connectivity index (χ2n) is 4.31. The highest BCUT2D eigenvalue weighted by Gasteiger charge is 2.26. The van der Waals surface area contributed by atoms with Crippen LogP contribution in [0.5, 0.6) is 5.75 Å². The van der Waals surface area contributed by atoms with Crippen molar-refractivity contribution in [2.24, 2.45) is 0 Å². The van der Waals surface area contributed by atoms with Gasteiger partial charge in [0.25, 0.3) is 0 Å². The van der Waals surface area contributed by atoms with Crippen LogP contribution in [0.25, 0.3) is 5.76 Å². The van der Waals surface area contributed by atoms with Gasteiger partial charge in [0.05, 0.1) is 5.54 Å². The second-order valence-corrected chi connectivity index (χ2v) is 4.31. The first kappa shape index (κ1) is 9.83. The number of hydrogen-bond acceptors (Lipinski definition) is 4. The Morgan fingerprint density at radius 3 is 3.07 bits per heavy atom. The zero-order valence-electron chi connectivity index (χ0n) is 8.87. The summed E-state index contributed by atoms with van der Waals surface area (Å²) in [6.45, 7) is 8.09. The molecule has 0 spiro atoms. The molecule has 0 amide bonds. The molecule has 0 saturated heterocycles. The molecule has 2 N–H and O–H groups in total. The van der Waals surface area contributed by atoms with Gasteiger partial charge in [-0.3, -0.25) is 0 Å². The molecule has 1 aliphatic heterocycles. The molecule has 1 aliphatic rings. The smallest absolute Gasteiger partial charge is 0.169 e. The monoisotopic (exact) mass is 206 g/mol. The van der Waals surface area contributed by atoms with Gasteiger partial charge < -0.3 is 15.2 Å². The maximum Gasteiger partial charge on any atom is 0.169 e. The number of pyridine rings is 1. The minimum absolute atomic E-state index is 0.00117. The molecule has 0 atom stereocenters. The van der Waals surface area contributed by atoms with Crippen LogP contribution in [0.2, 0.25) is 0 Å². The van der Waals surface area contributed by atoms with E-state index in [4.69, 9.17) is 4.74 Å². The van der Waals surface area contributed by atoms with E-state index in [1.807, 2.05) is 13.8 Å². The van der Waals surface area contributed by atoms with E-state index in [1.165, 1.54) is 0 Å². The third-order valence-corrected chi connectivity index (χ3v) is 2.23. The Bertz CT molecular complexity index is 413. The molecule has 80 valence electrons. The lowest BCUT2D eigenvalue weighted by atomic mass is 10.1. The number of aliphatic hydroxyl groups is 1. The minimum Gasteiger partial charge on any atom is -0.508 e. The van der Waals surface area contributed by atoms with E-state index in [1.54, 1.807) is 12.3 Å². The van der Waals surface area contributed by atoms with Crippen LogP contribution < -0.4 is 10.1 Å². The van der Waals surface area contributed by atoms with Crippen LogP contribution in [-0.4, -0.2) is 22.2 Å². The summed E-state index contributed by atoms with van der Waals surface area (Å²) in [6, 6.07) is 1.73. The van der Waals surface area contributed by atoms with Crippen LogP contribution in [-0.2, 0) is 0 Å². The molecule has 4 nitrogen and oxygen atoms in total. The predicted octanol–water partition coefficient (Wildman–Crippen LogP) is 2.19. The molecule has 0 radical (unpaired) electrons. The van der Waals surface area contributed by atoms with Crippen molar-refractivity contribution in [2.75, 3.05) is 11.9 Å². The molecule has 1 aromatic rings. The third kappa shape index (κ3) is 1.88. The lowest BCUT2D eigenvalue weighted by Crippen LogP contribution is -2.41. The largest absolute Gasteiger partial charge is 0.508 e. The number of anilines is 1. The molecule has 0 aromatic carbocycles. The van der Waals surface area contributed by atoms with Gasteiger partial charge in [-0.05, 0) is 19.9 Å². The lowest BCUT2D eigenvalue weighted by molar-refractivity contribution is 0.240. The lowest BCUT2D eigenvalue weighted by Gasteiger charge is -2.32. The highest BCUT2D eigenvalue weighted by atomic mass is 16.5. The summed E-state index contributed by atoms with van der Waals surface area (Å²) in [4.78, 5) is 4.18. The first-order chi connectivity index (χ1) is 6.98. The molecule has 0 bridgehead atoms. The van der Waals surface area contributed by atoms with Gasteiger partial charge >= 0.3 is 0 Å². The van der Waals surface area contributed by atoms with Gasteiger partial charge in [-0.15, -0.1) is 0 Å². The molecule has 0 fully saturated rings. The molecular weight excluding hydrogens is 192 g/mol. The number of rotatable bonds is 1. The molecule has 15 heavy (non-hydrogen) atoms. The molecule has 0 aliphatic carbocycles. The predicted molar refractivity (Wildman–Crippen MR) is 59.1 cm³/mol. The summed E-state index contributed by atoms with van der Waals surface area (Å²) < 4.78 is 5.55. The Kier molecular flexibility index (Phi) is 2.07. The molecule has 1 aromatic heterocycles. The molecular formula is C11H14N2O2. The maximum absolute atomic E-state index is 9.22. The summed E-state index contributed by atoms with van der Waals surface area (Å²) in [5, 5.41) is 12.5. The van der Waals surface area contributed by atoms with Gasteiger partial charge in [-0.2, -0.15) is 0 Å². The average Bonchev–Trinajstić information content (AvgIpc) is 2.15. The molecule has 2 rings (SSSR count). The van der Waals surface area contributed by atoms with Crippen molar-refractivity contribution >= 4 is 11.6 Å². The quantitative estimate of drug-likeness (QED) is 0.691. The number of fused-ring (bicyclic) bond motifs is 1. The van der Waals surface area contributed by atoms with Crippen molar-refractivity contribution < 1.29 is 9.84 Å². The van der Waals surface area contributed by atoms with Gasteiger partial charge in [0, 0.05) is 11.8 Å². The van der Waals surface area contributed by atoms with Crippen LogP contribution in [0.3, 0.4) is 0 Å². The van der Waals surface area contributed by atoms with Crippen LogP contribution >= 0.6 is 0 Å². The van der Waals surface area contributed by atoms with Crippen LogP contribution in [0.15, 0.2) is 18.8 Å². The fourth-order valence-electron chi connectivity index (χ4n) is 1.42.